The number of aromatic nitrogens is 2. The Kier molecular flexibility index (Phi) is 9.30. The van der Waals surface area contributed by atoms with Crippen molar-refractivity contribution in [2.45, 2.75) is 64.3 Å². The fraction of sp³-hybridized carbons (Fsp3) is 0.400. The first-order valence-electron chi connectivity index (χ1n) is 13.5. The van der Waals surface area contributed by atoms with Gasteiger partial charge in [0.05, 0.1) is 24.0 Å². The van der Waals surface area contributed by atoms with Crippen molar-refractivity contribution < 1.29 is 27.5 Å². The molecule has 1 fully saturated rings. The highest BCUT2D eigenvalue weighted by molar-refractivity contribution is 6.29. The summed E-state index contributed by atoms with van der Waals surface area (Å²) in [5, 5.41) is 6.14. The molecule has 2 amide bonds. The maximum Gasteiger partial charge on any atom is 0.416 e. The lowest BCUT2D eigenvalue weighted by Crippen LogP contribution is -2.41. The van der Waals surface area contributed by atoms with Crippen LogP contribution in [0.25, 0.3) is 0 Å². The molecule has 42 heavy (non-hydrogen) atoms. The summed E-state index contributed by atoms with van der Waals surface area (Å²) in [5.74, 6) is -0.438. The number of piperidine rings is 1. The Morgan fingerprint density at radius 3 is 2.43 bits per heavy atom. The third kappa shape index (κ3) is 8.34. The minimum atomic E-state index is -4.63. The number of anilines is 2. The van der Waals surface area contributed by atoms with Gasteiger partial charge in [-0.1, -0.05) is 23.7 Å². The van der Waals surface area contributed by atoms with Gasteiger partial charge < -0.3 is 20.3 Å². The van der Waals surface area contributed by atoms with E-state index >= 15 is 0 Å². The van der Waals surface area contributed by atoms with E-state index in [2.05, 4.69) is 20.6 Å². The number of rotatable bonds is 6. The van der Waals surface area contributed by atoms with Gasteiger partial charge in [0.25, 0.3) is 5.91 Å². The summed E-state index contributed by atoms with van der Waals surface area (Å²) >= 11 is 5.90. The molecule has 0 bridgehead atoms. The zero-order chi connectivity index (χ0) is 30.7. The predicted molar refractivity (Wildman–Crippen MR) is 155 cm³/mol. The van der Waals surface area contributed by atoms with Gasteiger partial charge >= 0.3 is 12.3 Å². The molecule has 0 unspecified atom stereocenters. The van der Waals surface area contributed by atoms with Gasteiger partial charge in [-0.05, 0) is 87.9 Å². The molecule has 8 nitrogen and oxygen atoms in total. The van der Waals surface area contributed by atoms with Crippen LogP contribution < -0.4 is 10.6 Å². The number of halogens is 4. The monoisotopic (exact) mass is 603 g/mol. The third-order valence-electron chi connectivity index (χ3n) is 6.78. The second-order valence-corrected chi connectivity index (χ2v) is 11.6. The molecule has 2 heterocycles. The molecule has 0 aliphatic carbocycles. The van der Waals surface area contributed by atoms with Crippen molar-refractivity contribution in [2.75, 3.05) is 23.7 Å². The second kappa shape index (κ2) is 12.6. The summed E-state index contributed by atoms with van der Waals surface area (Å²) in [6, 6.07) is 10.2. The topological polar surface area (TPSA) is 96.5 Å². The highest BCUT2D eigenvalue weighted by Crippen LogP contribution is 2.36. The lowest BCUT2D eigenvalue weighted by Gasteiger charge is -2.34. The summed E-state index contributed by atoms with van der Waals surface area (Å²) < 4.78 is 47.0. The molecule has 1 aliphatic rings. The van der Waals surface area contributed by atoms with Gasteiger partial charge in [-0.2, -0.15) is 13.2 Å². The summed E-state index contributed by atoms with van der Waals surface area (Å²) in [6.45, 7) is 7.90. The van der Waals surface area contributed by atoms with E-state index in [1.165, 1.54) is 18.5 Å². The van der Waals surface area contributed by atoms with Gasteiger partial charge in [0.2, 0.25) is 0 Å². The van der Waals surface area contributed by atoms with Gasteiger partial charge in [0, 0.05) is 24.3 Å². The van der Waals surface area contributed by atoms with Gasteiger partial charge in [-0.25, -0.2) is 9.78 Å². The Balaban J connectivity index is 1.49. The minimum Gasteiger partial charge on any atom is -0.444 e. The molecular weight excluding hydrogens is 571 g/mol. The van der Waals surface area contributed by atoms with E-state index in [1.54, 1.807) is 43.9 Å². The summed E-state index contributed by atoms with van der Waals surface area (Å²) in [7, 11) is 0. The molecule has 1 aromatic heterocycles. The number of nitrogens with one attached hydrogen (secondary N) is 2. The summed E-state index contributed by atoms with van der Waals surface area (Å²) in [5.41, 5.74) is 0.00190. The number of carbonyl (C=O) groups excluding carboxylic acids is 2. The molecule has 12 heteroatoms. The molecule has 1 aliphatic heterocycles. The summed E-state index contributed by atoms with van der Waals surface area (Å²) in [6.07, 6.45) is -1.23. The Bertz CT molecular complexity index is 1440. The second-order valence-electron chi connectivity index (χ2n) is 11.3. The number of hydrogen-bond donors (Lipinski definition) is 2. The fourth-order valence-electron chi connectivity index (χ4n) is 4.71. The number of carbonyl (C=O) groups is 2. The average molecular weight is 604 g/mol. The molecule has 3 aromatic rings. The number of nitrogens with zero attached hydrogens (tertiary/aromatic N) is 3. The fourth-order valence-corrected chi connectivity index (χ4v) is 4.86. The maximum absolute atomic E-state index is 13.9. The maximum atomic E-state index is 13.9. The van der Waals surface area contributed by atoms with Crippen LogP contribution >= 0.6 is 11.6 Å². The van der Waals surface area contributed by atoms with E-state index in [4.69, 9.17) is 16.3 Å². The lowest BCUT2D eigenvalue weighted by molar-refractivity contribution is -0.137. The van der Waals surface area contributed by atoms with E-state index in [1.807, 2.05) is 13.0 Å². The van der Waals surface area contributed by atoms with Gasteiger partial charge in [0.15, 0.2) is 0 Å². The number of alkyl halides is 3. The van der Waals surface area contributed by atoms with Crippen LogP contribution in [0, 0.1) is 0 Å². The van der Waals surface area contributed by atoms with Gasteiger partial charge in [-0.3, -0.25) is 9.78 Å². The first-order valence-corrected chi connectivity index (χ1v) is 13.9. The Hall–Kier alpha value is -3.86. The van der Waals surface area contributed by atoms with E-state index < -0.39 is 29.3 Å². The first-order chi connectivity index (χ1) is 19.7. The van der Waals surface area contributed by atoms with Crippen molar-refractivity contribution in [1.29, 1.82) is 0 Å². The quantitative estimate of drug-likeness (QED) is 0.300. The molecule has 1 saturated heterocycles. The van der Waals surface area contributed by atoms with Crippen LogP contribution in [0.2, 0.25) is 5.15 Å². The average Bonchev–Trinajstić information content (AvgIpc) is 2.91. The molecule has 4 rings (SSSR count). The molecule has 0 radical (unpaired) electrons. The largest absolute Gasteiger partial charge is 0.444 e. The van der Waals surface area contributed by atoms with Crippen molar-refractivity contribution in [3.63, 3.8) is 0 Å². The smallest absolute Gasteiger partial charge is 0.416 e. The van der Waals surface area contributed by atoms with Crippen LogP contribution in [-0.4, -0.2) is 45.6 Å². The number of ether oxygens (including phenoxy) is 1. The molecule has 2 N–H and O–H groups in total. The number of hydrogen-bond acceptors (Lipinski definition) is 6. The Labute approximate surface area is 247 Å². The standard InChI is InChI=1S/C30H33ClF3N5O3/c1-18(36-26-17-35-16-25(31)38-26)20-6-5-7-24(15-20)37-27(40)22-12-21(13-23(14-22)30(32,33)34)19-8-10-39(11-9-19)28(41)42-29(2,3)4/h5-7,12-19H,8-11H2,1-4H3,(H,36,38)(H,37,40)/t18-/m0/s1. The number of likely N-dealkylation sites (tertiary alicyclic amines) is 1. The van der Waals surface area contributed by atoms with E-state index in [-0.39, 0.29) is 22.7 Å². The van der Waals surface area contributed by atoms with Crippen LogP contribution in [-0.2, 0) is 10.9 Å². The van der Waals surface area contributed by atoms with Crippen molar-refractivity contribution in [3.8, 4) is 0 Å². The number of amides is 2. The van der Waals surface area contributed by atoms with E-state index in [9.17, 15) is 22.8 Å². The van der Waals surface area contributed by atoms with Crippen LogP contribution in [0.4, 0.5) is 29.5 Å². The molecule has 0 spiro atoms. The van der Waals surface area contributed by atoms with Crippen molar-refractivity contribution in [2.24, 2.45) is 0 Å². The first kappa shape index (κ1) is 31.1. The zero-order valence-corrected chi connectivity index (χ0v) is 24.5. The van der Waals surface area contributed by atoms with Crippen LogP contribution in [0.15, 0.2) is 54.9 Å². The van der Waals surface area contributed by atoms with E-state index in [0.29, 0.717) is 43.0 Å². The molecule has 224 valence electrons. The van der Waals surface area contributed by atoms with E-state index in [0.717, 1.165) is 17.7 Å². The van der Waals surface area contributed by atoms with Crippen molar-refractivity contribution in [3.05, 3.63) is 82.3 Å². The predicted octanol–water partition coefficient (Wildman–Crippen LogP) is 7.69. The molecule has 1 atom stereocenters. The van der Waals surface area contributed by atoms with Crippen LogP contribution in [0.1, 0.15) is 79.5 Å². The zero-order valence-electron chi connectivity index (χ0n) is 23.8. The van der Waals surface area contributed by atoms with Gasteiger partial charge in [-0.15, -0.1) is 0 Å². The molecular formula is C30H33ClF3N5O3. The summed E-state index contributed by atoms with van der Waals surface area (Å²) in [4.78, 5) is 35.3. The number of benzene rings is 2. The normalized spacial score (nSPS) is 15.2. The van der Waals surface area contributed by atoms with Crippen molar-refractivity contribution in [1.82, 2.24) is 14.9 Å². The highest BCUT2D eigenvalue weighted by Gasteiger charge is 2.34. The third-order valence-corrected chi connectivity index (χ3v) is 6.96. The lowest BCUT2D eigenvalue weighted by atomic mass is 9.87. The molecule has 0 saturated carbocycles. The van der Waals surface area contributed by atoms with Gasteiger partial charge in [0.1, 0.15) is 16.6 Å². The van der Waals surface area contributed by atoms with Crippen LogP contribution in [0.3, 0.4) is 0 Å². The SMILES string of the molecule is C[C@H](Nc1cncc(Cl)n1)c1cccc(NC(=O)c2cc(C3CCN(C(=O)OC(C)(C)C)CC3)cc(C(F)(F)F)c2)c1. The molecule has 2 aromatic carbocycles. The Morgan fingerprint density at radius 1 is 1.07 bits per heavy atom. The highest BCUT2D eigenvalue weighted by atomic mass is 35.5. The van der Waals surface area contributed by atoms with Crippen molar-refractivity contribution >= 4 is 35.1 Å². The Morgan fingerprint density at radius 2 is 1.79 bits per heavy atom. The minimum absolute atomic E-state index is 0.0971. The van der Waals surface area contributed by atoms with Crippen LogP contribution in [0.5, 0.6) is 0 Å².